The molecule has 100 valence electrons. The molecule has 1 aliphatic rings. The van der Waals surface area contributed by atoms with Gasteiger partial charge >= 0.3 is 0 Å². The van der Waals surface area contributed by atoms with Gasteiger partial charge in [-0.15, -0.1) is 0 Å². The van der Waals surface area contributed by atoms with Gasteiger partial charge in [0.25, 0.3) is 0 Å². The Balaban J connectivity index is 2.26. The lowest BCUT2D eigenvalue weighted by Crippen LogP contribution is -3.20. The molecule has 1 fully saturated rings. The molecule has 1 unspecified atom stereocenters. The predicted octanol–water partition coefficient (Wildman–Crippen LogP) is 1.60. The standard InChI is InChI=1S/C16H25NO/c1-12(2)17-11-13(3)16(18,10-14(17)4)15-8-6-5-7-9-15/h5-9,12-14,18H,10-11H2,1-4H3/p+1/t13-,14-,16+/m1/s1. The van der Waals surface area contributed by atoms with Crippen LogP contribution in [0, 0.1) is 5.92 Å². The Morgan fingerprint density at radius 3 is 2.39 bits per heavy atom. The molecule has 2 nitrogen and oxygen atoms in total. The molecule has 18 heavy (non-hydrogen) atoms. The summed E-state index contributed by atoms with van der Waals surface area (Å²) in [6.45, 7) is 10.0. The maximum atomic E-state index is 11.1. The van der Waals surface area contributed by atoms with E-state index in [1.807, 2.05) is 18.2 Å². The van der Waals surface area contributed by atoms with Crippen LogP contribution >= 0.6 is 0 Å². The van der Waals surface area contributed by atoms with Gasteiger partial charge in [0.1, 0.15) is 5.60 Å². The van der Waals surface area contributed by atoms with Crippen LogP contribution < -0.4 is 4.90 Å². The molecule has 1 heterocycles. The number of quaternary nitrogens is 1. The molecule has 2 heteroatoms. The zero-order valence-electron chi connectivity index (χ0n) is 12.0. The SMILES string of the molecule is CC(C)[NH+]1C[C@@H](C)[C@](O)(c2ccccc2)C[C@H]1C. The number of likely N-dealkylation sites (tertiary alicyclic amines) is 1. The van der Waals surface area contributed by atoms with Crippen LogP contribution in [0.3, 0.4) is 0 Å². The Morgan fingerprint density at radius 2 is 1.83 bits per heavy atom. The second-order valence-corrected chi connectivity index (χ2v) is 6.23. The van der Waals surface area contributed by atoms with Gasteiger partial charge in [-0.1, -0.05) is 37.3 Å². The minimum Gasteiger partial charge on any atom is -0.384 e. The van der Waals surface area contributed by atoms with Gasteiger partial charge in [-0.3, -0.25) is 0 Å². The smallest absolute Gasteiger partial charge is 0.103 e. The van der Waals surface area contributed by atoms with Crippen molar-refractivity contribution >= 4 is 0 Å². The molecule has 1 aromatic rings. The van der Waals surface area contributed by atoms with Crippen molar-refractivity contribution in [2.45, 2.75) is 51.8 Å². The minimum absolute atomic E-state index is 0.300. The summed E-state index contributed by atoms with van der Waals surface area (Å²) in [5.41, 5.74) is 0.422. The lowest BCUT2D eigenvalue weighted by molar-refractivity contribution is -0.955. The van der Waals surface area contributed by atoms with Crippen LogP contribution in [0.2, 0.25) is 0 Å². The molecule has 0 bridgehead atoms. The lowest BCUT2D eigenvalue weighted by Gasteiger charge is -2.46. The first-order chi connectivity index (χ1) is 8.45. The van der Waals surface area contributed by atoms with Gasteiger partial charge in [0.05, 0.1) is 18.6 Å². The number of nitrogens with one attached hydrogen (secondary N) is 1. The summed E-state index contributed by atoms with van der Waals surface area (Å²) in [5, 5.41) is 11.1. The number of aliphatic hydroxyl groups is 1. The van der Waals surface area contributed by atoms with Gasteiger partial charge in [0.15, 0.2) is 0 Å². The fraction of sp³-hybridized carbons (Fsp3) is 0.625. The van der Waals surface area contributed by atoms with Crippen molar-refractivity contribution in [3.8, 4) is 0 Å². The van der Waals surface area contributed by atoms with Crippen molar-refractivity contribution in [1.29, 1.82) is 0 Å². The Kier molecular flexibility index (Phi) is 3.79. The monoisotopic (exact) mass is 248 g/mol. The largest absolute Gasteiger partial charge is 0.384 e. The number of piperidine rings is 1. The van der Waals surface area contributed by atoms with Gasteiger partial charge in [-0.2, -0.15) is 0 Å². The van der Waals surface area contributed by atoms with Crippen LogP contribution in [0.5, 0.6) is 0 Å². The Hall–Kier alpha value is -0.860. The summed E-state index contributed by atoms with van der Waals surface area (Å²) in [5.74, 6) is 0.300. The molecule has 1 aromatic carbocycles. The fourth-order valence-electron chi connectivity index (χ4n) is 3.46. The predicted molar refractivity (Wildman–Crippen MR) is 74.5 cm³/mol. The van der Waals surface area contributed by atoms with Crippen LogP contribution in [0.1, 0.15) is 39.7 Å². The molecule has 4 atom stereocenters. The number of hydrogen-bond acceptors (Lipinski definition) is 1. The maximum absolute atomic E-state index is 11.1. The summed E-state index contributed by atoms with van der Waals surface area (Å²) in [7, 11) is 0. The highest BCUT2D eigenvalue weighted by atomic mass is 16.3. The van der Waals surface area contributed by atoms with Crippen LogP contribution in [-0.4, -0.2) is 23.7 Å². The topological polar surface area (TPSA) is 24.7 Å². The van der Waals surface area contributed by atoms with E-state index in [9.17, 15) is 5.11 Å². The van der Waals surface area contributed by atoms with Crippen molar-refractivity contribution in [3.05, 3.63) is 35.9 Å². The van der Waals surface area contributed by atoms with Gasteiger partial charge < -0.3 is 10.0 Å². The summed E-state index contributed by atoms with van der Waals surface area (Å²) in [6.07, 6.45) is 0.853. The quantitative estimate of drug-likeness (QED) is 0.816. The normalized spacial score (nSPS) is 36.9. The molecule has 2 N–H and O–H groups in total. The molecule has 2 rings (SSSR count). The van der Waals surface area contributed by atoms with E-state index >= 15 is 0 Å². The third-order valence-corrected chi connectivity index (χ3v) is 4.62. The zero-order valence-corrected chi connectivity index (χ0v) is 12.0. The third-order valence-electron chi connectivity index (χ3n) is 4.62. The molecule has 0 radical (unpaired) electrons. The molecule has 1 aliphatic heterocycles. The Bertz CT molecular complexity index is 389. The van der Waals surface area contributed by atoms with Crippen molar-refractivity contribution in [3.63, 3.8) is 0 Å². The molecule has 0 amide bonds. The zero-order chi connectivity index (χ0) is 13.3. The molecule has 0 spiro atoms. The van der Waals surface area contributed by atoms with Crippen LogP contribution in [0.4, 0.5) is 0 Å². The van der Waals surface area contributed by atoms with Crippen LogP contribution in [0.25, 0.3) is 0 Å². The van der Waals surface area contributed by atoms with Crippen molar-refractivity contribution in [1.82, 2.24) is 0 Å². The van der Waals surface area contributed by atoms with Gasteiger partial charge in [-0.05, 0) is 26.3 Å². The average Bonchev–Trinajstić information content (AvgIpc) is 2.34. The first kappa shape index (κ1) is 13.6. The fourth-order valence-corrected chi connectivity index (χ4v) is 3.46. The van der Waals surface area contributed by atoms with Crippen molar-refractivity contribution in [2.24, 2.45) is 5.92 Å². The first-order valence-corrected chi connectivity index (χ1v) is 7.08. The van der Waals surface area contributed by atoms with E-state index < -0.39 is 5.60 Å². The number of rotatable bonds is 2. The second-order valence-electron chi connectivity index (χ2n) is 6.23. The molecule has 0 saturated carbocycles. The van der Waals surface area contributed by atoms with E-state index in [-0.39, 0.29) is 0 Å². The summed E-state index contributed by atoms with van der Waals surface area (Å²) in [6, 6.07) is 11.3. The maximum Gasteiger partial charge on any atom is 0.103 e. The number of hydrogen-bond donors (Lipinski definition) is 2. The van der Waals surface area contributed by atoms with Crippen LogP contribution in [0.15, 0.2) is 30.3 Å². The van der Waals surface area contributed by atoms with E-state index in [4.69, 9.17) is 0 Å². The number of benzene rings is 1. The van der Waals surface area contributed by atoms with Crippen LogP contribution in [-0.2, 0) is 5.60 Å². The van der Waals surface area contributed by atoms with E-state index in [2.05, 4.69) is 39.8 Å². The second kappa shape index (κ2) is 5.02. The van der Waals surface area contributed by atoms with Gasteiger partial charge in [0, 0.05) is 12.3 Å². The lowest BCUT2D eigenvalue weighted by atomic mass is 9.74. The summed E-state index contributed by atoms with van der Waals surface area (Å²) < 4.78 is 0. The van der Waals surface area contributed by atoms with E-state index in [1.54, 1.807) is 4.90 Å². The molecular formula is C16H26NO+. The highest BCUT2D eigenvalue weighted by molar-refractivity contribution is 5.23. The molecule has 0 aliphatic carbocycles. The highest BCUT2D eigenvalue weighted by Crippen LogP contribution is 2.35. The van der Waals surface area contributed by atoms with E-state index in [1.165, 1.54) is 0 Å². The minimum atomic E-state index is -0.654. The van der Waals surface area contributed by atoms with Crippen molar-refractivity contribution in [2.75, 3.05) is 6.54 Å². The third kappa shape index (κ3) is 2.32. The van der Waals surface area contributed by atoms with Gasteiger partial charge in [-0.25, -0.2) is 0 Å². The van der Waals surface area contributed by atoms with E-state index in [0.29, 0.717) is 18.0 Å². The Labute approximate surface area is 111 Å². The van der Waals surface area contributed by atoms with E-state index in [0.717, 1.165) is 18.5 Å². The summed E-state index contributed by atoms with van der Waals surface area (Å²) in [4.78, 5) is 1.61. The highest BCUT2D eigenvalue weighted by Gasteiger charge is 2.46. The molecular weight excluding hydrogens is 222 g/mol. The molecule has 0 aromatic heterocycles. The molecule has 1 saturated heterocycles. The first-order valence-electron chi connectivity index (χ1n) is 7.08. The average molecular weight is 248 g/mol. The van der Waals surface area contributed by atoms with Crippen molar-refractivity contribution < 1.29 is 10.0 Å². The Morgan fingerprint density at radius 1 is 1.22 bits per heavy atom. The van der Waals surface area contributed by atoms with Gasteiger partial charge in [0.2, 0.25) is 0 Å². The summed E-state index contributed by atoms with van der Waals surface area (Å²) >= 11 is 0.